The third-order valence-corrected chi connectivity index (χ3v) is 3.30. The number of furan rings is 1. The maximum absolute atomic E-state index is 10.9. The standard InChI is InChI=1S/C17H26O3/c1-19-17(18)14-10-8-6-4-2-3-5-7-9-12-16-13-11-15-20-16/h9,11-13,15H,2-8,10,14H2,1H3/b12-9-. The number of ether oxygens (including phenoxy) is 1. The summed E-state index contributed by atoms with van der Waals surface area (Å²) in [7, 11) is 1.45. The molecule has 0 aliphatic heterocycles. The predicted octanol–water partition coefficient (Wildman–Crippen LogP) is 4.98. The van der Waals surface area contributed by atoms with Crippen LogP contribution in [0.25, 0.3) is 6.08 Å². The van der Waals surface area contributed by atoms with Gasteiger partial charge in [-0.1, -0.05) is 38.2 Å². The Hall–Kier alpha value is -1.51. The summed E-state index contributed by atoms with van der Waals surface area (Å²) >= 11 is 0. The molecule has 0 radical (unpaired) electrons. The van der Waals surface area contributed by atoms with Crippen LogP contribution in [-0.4, -0.2) is 13.1 Å². The number of esters is 1. The third-order valence-electron chi connectivity index (χ3n) is 3.30. The van der Waals surface area contributed by atoms with Crippen molar-refractivity contribution in [2.24, 2.45) is 0 Å². The van der Waals surface area contributed by atoms with E-state index in [1.807, 2.05) is 18.2 Å². The third kappa shape index (κ3) is 8.57. The fraction of sp³-hybridized carbons (Fsp3) is 0.588. The summed E-state index contributed by atoms with van der Waals surface area (Å²) in [6.07, 6.45) is 16.0. The Morgan fingerprint density at radius 2 is 1.85 bits per heavy atom. The van der Waals surface area contributed by atoms with E-state index in [1.165, 1.54) is 39.2 Å². The summed E-state index contributed by atoms with van der Waals surface area (Å²) in [6, 6.07) is 3.87. The summed E-state index contributed by atoms with van der Waals surface area (Å²) < 4.78 is 9.83. The van der Waals surface area contributed by atoms with Crippen molar-refractivity contribution in [3.8, 4) is 0 Å². The zero-order valence-electron chi connectivity index (χ0n) is 12.5. The van der Waals surface area contributed by atoms with Crippen LogP contribution in [0, 0.1) is 0 Å². The Morgan fingerprint density at radius 1 is 1.15 bits per heavy atom. The fourth-order valence-electron chi connectivity index (χ4n) is 2.10. The molecule has 0 spiro atoms. The minimum absolute atomic E-state index is 0.0895. The molecule has 1 heterocycles. The average Bonchev–Trinajstić information content (AvgIpc) is 2.97. The lowest BCUT2D eigenvalue weighted by Gasteiger charge is -2.01. The van der Waals surface area contributed by atoms with Crippen LogP contribution in [0.4, 0.5) is 0 Å². The largest absolute Gasteiger partial charge is 0.469 e. The zero-order valence-corrected chi connectivity index (χ0v) is 12.5. The first-order valence-corrected chi connectivity index (χ1v) is 7.60. The average molecular weight is 278 g/mol. The summed E-state index contributed by atoms with van der Waals surface area (Å²) in [6.45, 7) is 0. The second-order valence-corrected chi connectivity index (χ2v) is 5.01. The van der Waals surface area contributed by atoms with E-state index >= 15 is 0 Å². The molecule has 0 saturated carbocycles. The molecule has 1 aromatic heterocycles. The molecule has 112 valence electrons. The quantitative estimate of drug-likeness (QED) is 0.423. The second kappa shape index (κ2) is 11.3. The zero-order chi connectivity index (χ0) is 14.5. The van der Waals surface area contributed by atoms with Gasteiger partial charge in [0.25, 0.3) is 0 Å². The van der Waals surface area contributed by atoms with Crippen LogP contribution < -0.4 is 0 Å². The molecule has 3 heteroatoms. The van der Waals surface area contributed by atoms with Gasteiger partial charge in [0.05, 0.1) is 13.4 Å². The van der Waals surface area contributed by atoms with Crippen molar-refractivity contribution in [2.45, 2.75) is 57.8 Å². The second-order valence-electron chi connectivity index (χ2n) is 5.01. The molecule has 1 aromatic rings. The van der Waals surface area contributed by atoms with Gasteiger partial charge in [0.2, 0.25) is 0 Å². The summed E-state index contributed by atoms with van der Waals surface area (Å²) in [5, 5.41) is 0. The van der Waals surface area contributed by atoms with Gasteiger partial charge in [0.1, 0.15) is 5.76 Å². The fourth-order valence-corrected chi connectivity index (χ4v) is 2.10. The summed E-state index contributed by atoms with van der Waals surface area (Å²) in [5.41, 5.74) is 0. The molecule has 0 saturated heterocycles. The van der Waals surface area contributed by atoms with Gasteiger partial charge < -0.3 is 9.15 Å². The molecule has 0 fully saturated rings. The summed E-state index contributed by atoms with van der Waals surface area (Å²) in [5.74, 6) is 0.837. The Kier molecular flexibility index (Phi) is 9.37. The van der Waals surface area contributed by atoms with E-state index in [0.717, 1.165) is 25.0 Å². The SMILES string of the molecule is COC(=O)CCCCCCCCC/C=C\c1ccco1. The molecule has 0 bridgehead atoms. The van der Waals surface area contributed by atoms with Crippen LogP contribution in [0.3, 0.4) is 0 Å². The minimum Gasteiger partial charge on any atom is -0.469 e. The number of hydrogen-bond acceptors (Lipinski definition) is 3. The highest BCUT2D eigenvalue weighted by atomic mass is 16.5. The van der Waals surface area contributed by atoms with Crippen molar-refractivity contribution in [1.82, 2.24) is 0 Å². The first-order chi connectivity index (χ1) is 9.83. The van der Waals surface area contributed by atoms with E-state index in [1.54, 1.807) is 6.26 Å². The molecule has 0 aliphatic rings. The van der Waals surface area contributed by atoms with Crippen molar-refractivity contribution < 1.29 is 13.9 Å². The number of hydrogen-bond donors (Lipinski definition) is 0. The maximum atomic E-state index is 10.9. The van der Waals surface area contributed by atoms with Gasteiger partial charge in [-0.3, -0.25) is 4.79 Å². The molecule has 0 amide bonds. The highest BCUT2D eigenvalue weighted by Gasteiger charge is 1.98. The van der Waals surface area contributed by atoms with Gasteiger partial charge in [0, 0.05) is 6.42 Å². The van der Waals surface area contributed by atoms with Gasteiger partial charge in [-0.25, -0.2) is 0 Å². The van der Waals surface area contributed by atoms with Gasteiger partial charge in [0.15, 0.2) is 0 Å². The van der Waals surface area contributed by atoms with Crippen LogP contribution in [0.15, 0.2) is 28.9 Å². The molecule has 0 unspecified atom stereocenters. The number of unbranched alkanes of at least 4 members (excludes halogenated alkanes) is 7. The number of carbonyl (C=O) groups excluding carboxylic acids is 1. The van der Waals surface area contributed by atoms with Crippen molar-refractivity contribution >= 4 is 12.0 Å². The molecular weight excluding hydrogens is 252 g/mol. The van der Waals surface area contributed by atoms with Gasteiger partial charge in [-0.2, -0.15) is 0 Å². The molecule has 0 aromatic carbocycles. The van der Waals surface area contributed by atoms with Crippen molar-refractivity contribution in [2.75, 3.05) is 7.11 Å². The van der Waals surface area contributed by atoms with Crippen LogP contribution in [0.2, 0.25) is 0 Å². The molecular formula is C17H26O3. The van der Waals surface area contributed by atoms with Crippen molar-refractivity contribution in [1.29, 1.82) is 0 Å². The Bertz CT molecular complexity index is 366. The van der Waals surface area contributed by atoms with E-state index in [0.29, 0.717) is 6.42 Å². The van der Waals surface area contributed by atoms with Crippen molar-refractivity contribution in [3.05, 3.63) is 30.2 Å². The van der Waals surface area contributed by atoms with Crippen molar-refractivity contribution in [3.63, 3.8) is 0 Å². The smallest absolute Gasteiger partial charge is 0.305 e. The number of methoxy groups -OCH3 is 1. The lowest BCUT2D eigenvalue weighted by atomic mass is 10.1. The highest BCUT2D eigenvalue weighted by molar-refractivity contribution is 5.68. The molecule has 0 N–H and O–H groups in total. The van der Waals surface area contributed by atoms with E-state index in [4.69, 9.17) is 4.42 Å². The van der Waals surface area contributed by atoms with Gasteiger partial charge in [-0.15, -0.1) is 0 Å². The monoisotopic (exact) mass is 278 g/mol. The van der Waals surface area contributed by atoms with Crippen LogP contribution in [-0.2, 0) is 9.53 Å². The first kappa shape index (κ1) is 16.5. The topological polar surface area (TPSA) is 39.4 Å². The molecule has 0 aliphatic carbocycles. The van der Waals surface area contributed by atoms with E-state index in [9.17, 15) is 4.79 Å². The number of carbonyl (C=O) groups is 1. The lowest BCUT2D eigenvalue weighted by molar-refractivity contribution is -0.140. The van der Waals surface area contributed by atoms with Gasteiger partial charge in [-0.05, 0) is 37.5 Å². The number of rotatable bonds is 11. The molecule has 1 rings (SSSR count). The van der Waals surface area contributed by atoms with Gasteiger partial charge >= 0.3 is 5.97 Å². The lowest BCUT2D eigenvalue weighted by Crippen LogP contribution is -1.99. The minimum atomic E-state index is -0.0895. The van der Waals surface area contributed by atoms with Crippen LogP contribution >= 0.6 is 0 Å². The molecule has 20 heavy (non-hydrogen) atoms. The maximum Gasteiger partial charge on any atom is 0.305 e. The first-order valence-electron chi connectivity index (χ1n) is 7.60. The Labute approximate surface area is 122 Å². The Morgan fingerprint density at radius 3 is 2.50 bits per heavy atom. The normalized spacial score (nSPS) is 11.1. The summed E-state index contributed by atoms with van der Waals surface area (Å²) in [4.78, 5) is 10.9. The molecule has 0 atom stereocenters. The van der Waals surface area contributed by atoms with Crippen LogP contribution in [0.1, 0.15) is 63.5 Å². The van der Waals surface area contributed by atoms with E-state index in [2.05, 4.69) is 10.8 Å². The highest BCUT2D eigenvalue weighted by Crippen LogP contribution is 2.11. The predicted molar refractivity (Wildman–Crippen MR) is 81.3 cm³/mol. The molecule has 3 nitrogen and oxygen atoms in total. The van der Waals surface area contributed by atoms with E-state index < -0.39 is 0 Å². The number of allylic oxidation sites excluding steroid dienone is 1. The van der Waals surface area contributed by atoms with E-state index in [-0.39, 0.29) is 5.97 Å². The Balaban J connectivity index is 1.82. The van der Waals surface area contributed by atoms with Crippen LogP contribution in [0.5, 0.6) is 0 Å².